The minimum atomic E-state index is -0.501. The number of carbonyl (C=O) groups is 1. The maximum atomic E-state index is 12.0. The predicted octanol–water partition coefficient (Wildman–Crippen LogP) is 1.71. The average molecular weight is 261 g/mol. The van der Waals surface area contributed by atoms with Crippen LogP contribution in [0.1, 0.15) is 17.4 Å². The smallest absolute Gasteiger partial charge is 0.362 e. The van der Waals surface area contributed by atoms with Crippen molar-refractivity contribution in [2.45, 2.75) is 13.5 Å². The molecule has 2 rings (SSSR count). The van der Waals surface area contributed by atoms with Crippen LogP contribution >= 0.6 is 0 Å². The van der Waals surface area contributed by atoms with Gasteiger partial charge in [-0.05, 0) is 19.1 Å². The quantitative estimate of drug-likeness (QED) is 0.669. The van der Waals surface area contributed by atoms with Crippen molar-refractivity contribution in [2.75, 3.05) is 12.8 Å². The van der Waals surface area contributed by atoms with Gasteiger partial charge in [-0.15, -0.1) is 0 Å². The van der Waals surface area contributed by atoms with Gasteiger partial charge in [0.25, 0.3) is 0 Å². The lowest BCUT2D eigenvalue weighted by atomic mass is 10.3. The Labute approximate surface area is 110 Å². The number of rotatable bonds is 4. The molecule has 6 nitrogen and oxygen atoms in total. The third-order valence-corrected chi connectivity index (χ3v) is 2.56. The van der Waals surface area contributed by atoms with Gasteiger partial charge in [-0.2, -0.15) is 5.10 Å². The van der Waals surface area contributed by atoms with Crippen molar-refractivity contribution in [2.24, 2.45) is 0 Å². The Hall–Kier alpha value is -2.50. The summed E-state index contributed by atoms with van der Waals surface area (Å²) in [7, 11) is 1.55. The zero-order valence-corrected chi connectivity index (χ0v) is 10.8. The molecule has 0 atom stereocenters. The number of aromatic nitrogens is 2. The summed E-state index contributed by atoms with van der Waals surface area (Å²) in [5.41, 5.74) is 5.89. The SMILES string of the molecule is CCn1nc(N)cc1C(=O)Oc1cccc(OC)c1. The number of benzene rings is 1. The Kier molecular flexibility index (Phi) is 3.70. The third kappa shape index (κ3) is 2.85. The number of nitrogens with two attached hydrogens (primary N) is 1. The minimum absolute atomic E-state index is 0.291. The second kappa shape index (κ2) is 5.43. The van der Waals surface area contributed by atoms with E-state index in [2.05, 4.69) is 5.10 Å². The molecular weight excluding hydrogens is 246 g/mol. The number of esters is 1. The second-order valence-electron chi connectivity index (χ2n) is 3.84. The van der Waals surface area contributed by atoms with E-state index in [1.807, 2.05) is 6.92 Å². The van der Waals surface area contributed by atoms with Gasteiger partial charge in [0.2, 0.25) is 0 Å². The van der Waals surface area contributed by atoms with E-state index >= 15 is 0 Å². The number of ether oxygens (including phenoxy) is 2. The van der Waals surface area contributed by atoms with Crippen molar-refractivity contribution < 1.29 is 14.3 Å². The van der Waals surface area contributed by atoms with E-state index in [0.717, 1.165) is 0 Å². The first-order valence-electron chi connectivity index (χ1n) is 5.83. The van der Waals surface area contributed by atoms with E-state index in [4.69, 9.17) is 15.2 Å². The van der Waals surface area contributed by atoms with Crippen molar-refractivity contribution in [1.82, 2.24) is 9.78 Å². The molecule has 0 amide bonds. The Morgan fingerprint density at radius 3 is 2.79 bits per heavy atom. The first-order chi connectivity index (χ1) is 9.13. The van der Waals surface area contributed by atoms with Crippen LogP contribution in [0.3, 0.4) is 0 Å². The molecule has 2 aromatic rings. The van der Waals surface area contributed by atoms with E-state index < -0.39 is 5.97 Å². The predicted molar refractivity (Wildman–Crippen MR) is 70.3 cm³/mol. The number of methoxy groups -OCH3 is 1. The molecule has 0 radical (unpaired) electrons. The van der Waals surface area contributed by atoms with Gasteiger partial charge in [-0.1, -0.05) is 6.07 Å². The number of nitrogens with zero attached hydrogens (tertiary/aromatic N) is 2. The van der Waals surface area contributed by atoms with Crippen LogP contribution in [0.15, 0.2) is 30.3 Å². The maximum absolute atomic E-state index is 12.0. The third-order valence-electron chi connectivity index (χ3n) is 2.56. The normalized spacial score (nSPS) is 10.2. The topological polar surface area (TPSA) is 79.4 Å². The Morgan fingerprint density at radius 1 is 1.37 bits per heavy atom. The molecule has 19 heavy (non-hydrogen) atoms. The highest BCUT2D eigenvalue weighted by Gasteiger charge is 2.16. The molecule has 2 N–H and O–H groups in total. The molecule has 100 valence electrons. The summed E-state index contributed by atoms with van der Waals surface area (Å²) >= 11 is 0. The molecule has 1 aromatic heterocycles. The summed E-state index contributed by atoms with van der Waals surface area (Å²) in [6, 6.07) is 8.31. The first kappa shape index (κ1) is 12.9. The maximum Gasteiger partial charge on any atom is 0.362 e. The highest BCUT2D eigenvalue weighted by molar-refractivity contribution is 5.90. The molecule has 0 spiro atoms. The summed E-state index contributed by atoms with van der Waals surface area (Å²) in [5.74, 6) is 0.819. The van der Waals surface area contributed by atoms with Crippen LogP contribution in [-0.4, -0.2) is 22.9 Å². The monoisotopic (exact) mass is 261 g/mol. The number of anilines is 1. The first-order valence-corrected chi connectivity index (χ1v) is 5.83. The molecular formula is C13H15N3O3. The molecule has 1 aromatic carbocycles. The second-order valence-corrected chi connectivity index (χ2v) is 3.84. The van der Waals surface area contributed by atoms with Crippen LogP contribution in [-0.2, 0) is 6.54 Å². The van der Waals surface area contributed by atoms with Crippen molar-refractivity contribution in [1.29, 1.82) is 0 Å². The van der Waals surface area contributed by atoms with Gasteiger partial charge in [-0.3, -0.25) is 4.68 Å². The molecule has 0 unspecified atom stereocenters. The van der Waals surface area contributed by atoms with Crippen LogP contribution in [0.25, 0.3) is 0 Å². The summed E-state index contributed by atoms with van der Waals surface area (Å²) < 4.78 is 11.8. The Balaban J connectivity index is 2.20. The summed E-state index contributed by atoms with van der Waals surface area (Å²) in [6.07, 6.45) is 0. The summed E-state index contributed by atoms with van der Waals surface area (Å²) in [4.78, 5) is 12.0. The Morgan fingerprint density at radius 2 is 2.11 bits per heavy atom. The van der Waals surface area contributed by atoms with E-state index in [0.29, 0.717) is 29.6 Å². The molecule has 0 aliphatic carbocycles. The van der Waals surface area contributed by atoms with Crippen LogP contribution in [0.2, 0.25) is 0 Å². The van der Waals surface area contributed by atoms with Gasteiger partial charge < -0.3 is 15.2 Å². The molecule has 6 heteroatoms. The van der Waals surface area contributed by atoms with Crippen LogP contribution < -0.4 is 15.2 Å². The lowest BCUT2D eigenvalue weighted by molar-refractivity contribution is 0.0721. The molecule has 0 saturated carbocycles. The molecule has 0 bridgehead atoms. The summed E-state index contributed by atoms with van der Waals surface area (Å²) in [5, 5.41) is 3.99. The fourth-order valence-corrected chi connectivity index (χ4v) is 1.67. The van der Waals surface area contributed by atoms with Crippen molar-refractivity contribution >= 4 is 11.8 Å². The van der Waals surface area contributed by atoms with Crippen LogP contribution in [0.4, 0.5) is 5.82 Å². The number of hydrogen-bond acceptors (Lipinski definition) is 5. The van der Waals surface area contributed by atoms with Gasteiger partial charge in [0.1, 0.15) is 23.0 Å². The highest BCUT2D eigenvalue weighted by atomic mass is 16.5. The lowest BCUT2D eigenvalue weighted by Gasteiger charge is -2.06. The number of nitrogen functional groups attached to an aromatic ring is 1. The molecule has 0 aliphatic heterocycles. The number of carbonyl (C=O) groups excluding carboxylic acids is 1. The van der Waals surface area contributed by atoms with Gasteiger partial charge in [0.15, 0.2) is 0 Å². The largest absolute Gasteiger partial charge is 0.497 e. The molecule has 0 aliphatic rings. The van der Waals surface area contributed by atoms with E-state index in [1.54, 1.807) is 31.4 Å². The zero-order chi connectivity index (χ0) is 13.8. The van der Waals surface area contributed by atoms with Gasteiger partial charge >= 0.3 is 5.97 Å². The Bertz CT molecular complexity index is 593. The van der Waals surface area contributed by atoms with E-state index in [-0.39, 0.29) is 0 Å². The van der Waals surface area contributed by atoms with Crippen molar-refractivity contribution in [3.63, 3.8) is 0 Å². The standard InChI is InChI=1S/C13H15N3O3/c1-3-16-11(8-12(14)15-16)13(17)19-10-6-4-5-9(7-10)18-2/h4-8H,3H2,1-2H3,(H2,14,15). The van der Waals surface area contributed by atoms with E-state index in [1.165, 1.54) is 10.7 Å². The summed E-state index contributed by atoms with van der Waals surface area (Å²) in [6.45, 7) is 2.41. The van der Waals surface area contributed by atoms with Crippen LogP contribution in [0, 0.1) is 0 Å². The fourth-order valence-electron chi connectivity index (χ4n) is 1.67. The molecule has 0 saturated heterocycles. The lowest BCUT2D eigenvalue weighted by Crippen LogP contribution is -2.15. The fraction of sp³-hybridized carbons (Fsp3) is 0.231. The van der Waals surface area contributed by atoms with Crippen molar-refractivity contribution in [3.8, 4) is 11.5 Å². The number of aryl methyl sites for hydroxylation is 1. The van der Waals surface area contributed by atoms with Gasteiger partial charge in [0.05, 0.1) is 7.11 Å². The van der Waals surface area contributed by atoms with Gasteiger partial charge in [-0.25, -0.2) is 4.79 Å². The zero-order valence-electron chi connectivity index (χ0n) is 10.8. The van der Waals surface area contributed by atoms with Crippen molar-refractivity contribution in [3.05, 3.63) is 36.0 Å². The van der Waals surface area contributed by atoms with Gasteiger partial charge in [0, 0.05) is 18.7 Å². The highest BCUT2D eigenvalue weighted by Crippen LogP contribution is 2.20. The minimum Gasteiger partial charge on any atom is -0.497 e. The van der Waals surface area contributed by atoms with Crippen LogP contribution in [0.5, 0.6) is 11.5 Å². The van der Waals surface area contributed by atoms with E-state index in [9.17, 15) is 4.79 Å². The molecule has 1 heterocycles. The molecule has 0 fully saturated rings. The average Bonchev–Trinajstić information content (AvgIpc) is 2.80. The number of hydrogen-bond donors (Lipinski definition) is 1.